The molecule has 0 bridgehead atoms. The Kier molecular flexibility index (Phi) is 4.96. The molecule has 24 heavy (non-hydrogen) atoms. The molecule has 2 aromatic carbocycles. The van der Waals surface area contributed by atoms with Gasteiger partial charge >= 0.3 is 0 Å². The molecule has 3 rings (SSSR count). The molecular formula is C18H16FN3O2. The molecule has 5 nitrogen and oxygen atoms in total. The maximum Gasteiger partial charge on any atom is 0.267 e. The quantitative estimate of drug-likeness (QED) is 0.508. The lowest BCUT2D eigenvalue weighted by atomic mass is 10.1. The van der Waals surface area contributed by atoms with Crippen molar-refractivity contribution in [1.29, 1.82) is 0 Å². The van der Waals surface area contributed by atoms with E-state index in [-0.39, 0.29) is 12.4 Å². The van der Waals surface area contributed by atoms with E-state index in [9.17, 15) is 4.39 Å². The fourth-order valence-electron chi connectivity index (χ4n) is 2.06. The SMILES string of the molecule is CCc1ccc(/C=N\OCc2nc(-c3ccc(F)cc3)no2)cc1. The van der Waals surface area contributed by atoms with E-state index in [1.54, 1.807) is 18.3 Å². The van der Waals surface area contributed by atoms with E-state index in [4.69, 9.17) is 9.36 Å². The Morgan fingerprint density at radius 3 is 2.58 bits per heavy atom. The van der Waals surface area contributed by atoms with Crippen molar-refractivity contribution in [3.05, 3.63) is 71.4 Å². The van der Waals surface area contributed by atoms with Crippen LogP contribution in [0.4, 0.5) is 4.39 Å². The Morgan fingerprint density at radius 1 is 1.12 bits per heavy atom. The van der Waals surface area contributed by atoms with Crippen molar-refractivity contribution >= 4 is 6.21 Å². The van der Waals surface area contributed by atoms with Crippen molar-refractivity contribution in [1.82, 2.24) is 10.1 Å². The molecule has 0 saturated heterocycles. The van der Waals surface area contributed by atoms with Gasteiger partial charge in [-0.05, 0) is 41.8 Å². The summed E-state index contributed by atoms with van der Waals surface area (Å²) in [6.45, 7) is 2.18. The van der Waals surface area contributed by atoms with Crippen LogP contribution in [0.1, 0.15) is 23.9 Å². The minimum absolute atomic E-state index is 0.0672. The topological polar surface area (TPSA) is 60.5 Å². The minimum atomic E-state index is -0.313. The van der Waals surface area contributed by atoms with Crippen LogP contribution in [0.25, 0.3) is 11.4 Å². The predicted octanol–water partition coefficient (Wildman–Crippen LogP) is 3.99. The third-order valence-electron chi connectivity index (χ3n) is 3.42. The molecule has 122 valence electrons. The standard InChI is InChI=1S/C18H16FN3O2/c1-2-13-3-5-14(6-4-13)11-20-23-12-17-21-18(22-24-17)15-7-9-16(19)10-8-15/h3-11H,2,12H2,1H3/b20-11-. The molecule has 0 aliphatic heterocycles. The van der Waals surface area contributed by atoms with Crippen LogP contribution in [0.15, 0.2) is 58.2 Å². The molecule has 0 atom stereocenters. The number of benzene rings is 2. The van der Waals surface area contributed by atoms with Crippen LogP contribution in [0.5, 0.6) is 0 Å². The van der Waals surface area contributed by atoms with Gasteiger partial charge in [0.1, 0.15) is 5.82 Å². The summed E-state index contributed by atoms with van der Waals surface area (Å²) in [5.74, 6) is 0.368. The summed E-state index contributed by atoms with van der Waals surface area (Å²) in [6.07, 6.45) is 2.62. The summed E-state index contributed by atoms with van der Waals surface area (Å²) in [4.78, 5) is 9.34. The van der Waals surface area contributed by atoms with Crippen LogP contribution in [0.2, 0.25) is 0 Å². The largest absolute Gasteiger partial charge is 0.386 e. The lowest BCUT2D eigenvalue weighted by molar-refractivity contribution is 0.107. The number of hydrogen-bond donors (Lipinski definition) is 0. The van der Waals surface area contributed by atoms with Crippen LogP contribution in [0, 0.1) is 5.82 Å². The first-order valence-corrected chi connectivity index (χ1v) is 7.57. The number of hydrogen-bond acceptors (Lipinski definition) is 5. The summed E-state index contributed by atoms with van der Waals surface area (Å²) in [7, 11) is 0. The summed E-state index contributed by atoms with van der Waals surface area (Å²) < 4.78 is 18.0. The van der Waals surface area contributed by atoms with Gasteiger partial charge in [0.15, 0.2) is 6.61 Å². The second-order valence-electron chi connectivity index (χ2n) is 5.12. The second-order valence-corrected chi connectivity index (χ2v) is 5.12. The molecule has 6 heteroatoms. The fraction of sp³-hybridized carbons (Fsp3) is 0.167. The summed E-state index contributed by atoms with van der Waals surface area (Å²) in [5.41, 5.74) is 2.89. The Bertz CT molecular complexity index is 811. The number of oxime groups is 1. The maximum atomic E-state index is 12.9. The van der Waals surface area contributed by atoms with Gasteiger partial charge in [-0.1, -0.05) is 41.5 Å². The number of aromatic nitrogens is 2. The lowest BCUT2D eigenvalue weighted by Crippen LogP contribution is -1.89. The van der Waals surface area contributed by atoms with E-state index in [2.05, 4.69) is 22.2 Å². The van der Waals surface area contributed by atoms with Crippen LogP contribution in [-0.2, 0) is 17.9 Å². The highest BCUT2D eigenvalue weighted by Crippen LogP contribution is 2.16. The zero-order valence-corrected chi connectivity index (χ0v) is 13.1. The molecule has 0 radical (unpaired) electrons. The highest BCUT2D eigenvalue weighted by Gasteiger charge is 2.08. The zero-order valence-electron chi connectivity index (χ0n) is 13.1. The minimum Gasteiger partial charge on any atom is -0.386 e. The second kappa shape index (κ2) is 7.50. The van der Waals surface area contributed by atoms with Crippen LogP contribution < -0.4 is 0 Å². The van der Waals surface area contributed by atoms with Gasteiger partial charge in [-0.15, -0.1) is 0 Å². The number of rotatable bonds is 6. The first kappa shape index (κ1) is 15.9. The maximum absolute atomic E-state index is 12.9. The summed E-state index contributed by atoms with van der Waals surface area (Å²) in [5, 5.41) is 7.72. The Hall–Kier alpha value is -3.02. The van der Waals surface area contributed by atoms with Gasteiger partial charge in [0, 0.05) is 5.56 Å². The van der Waals surface area contributed by atoms with Crippen LogP contribution >= 0.6 is 0 Å². The van der Waals surface area contributed by atoms with Gasteiger partial charge in [0.2, 0.25) is 5.82 Å². The van der Waals surface area contributed by atoms with Gasteiger partial charge in [0.25, 0.3) is 5.89 Å². The molecule has 0 fully saturated rings. The lowest BCUT2D eigenvalue weighted by Gasteiger charge is -1.97. The van der Waals surface area contributed by atoms with Gasteiger partial charge in [0.05, 0.1) is 6.21 Å². The van der Waals surface area contributed by atoms with Gasteiger partial charge in [-0.2, -0.15) is 4.98 Å². The van der Waals surface area contributed by atoms with Crippen molar-refractivity contribution in [2.75, 3.05) is 0 Å². The van der Waals surface area contributed by atoms with E-state index in [1.165, 1.54) is 17.7 Å². The van der Waals surface area contributed by atoms with Gasteiger partial charge in [-0.25, -0.2) is 4.39 Å². The predicted molar refractivity (Wildman–Crippen MR) is 87.9 cm³/mol. The smallest absolute Gasteiger partial charge is 0.267 e. The van der Waals surface area contributed by atoms with Crippen molar-refractivity contribution < 1.29 is 13.8 Å². The van der Waals surface area contributed by atoms with E-state index < -0.39 is 0 Å². The monoisotopic (exact) mass is 325 g/mol. The third-order valence-corrected chi connectivity index (χ3v) is 3.42. The fourth-order valence-corrected chi connectivity index (χ4v) is 2.06. The van der Waals surface area contributed by atoms with Crippen molar-refractivity contribution in [2.24, 2.45) is 5.16 Å². The van der Waals surface area contributed by atoms with E-state index >= 15 is 0 Å². The molecular weight excluding hydrogens is 309 g/mol. The molecule has 0 unspecified atom stereocenters. The molecule has 1 aromatic heterocycles. The molecule has 0 aliphatic rings. The summed E-state index contributed by atoms with van der Waals surface area (Å²) >= 11 is 0. The third kappa shape index (κ3) is 4.04. The molecule has 0 amide bonds. The van der Waals surface area contributed by atoms with Crippen molar-refractivity contribution in [2.45, 2.75) is 20.0 Å². The van der Waals surface area contributed by atoms with Crippen molar-refractivity contribution in [3.8, 4) is 11.4 Å². The highest BCUT2D eigenvalue weighted by atomic mass is 19.1. The first-order chi connectivity index (χ1) is 11.7. The highest BCUT2D eigenvalue weighted by molar-refractivity contribution is 5.79. The molecule has 0 N–H and O–H groups in total. The average Bonchev–Trinajstić information content (AvgIpc) is 3.09. The van der Waals surface area contributed by atoms with Gasteiger partial charge < -0.3 is 9.36 Å². The average molecular weight is 325 g/mol. The molecule has 0 spiro atoms. The van der Waals surface area contributed by atoms with Crippen LogP contribution in [0.3, 0.4) is 0 Å². The Labute approximate surface area is 138 Å². The van der Waals surface area contributed by atoms with Crippen molar-refractivity contribution in [3.63, 3.8) is 0 Å². The van der Waals surface area contributed by atoms with E-state index in [0.717, 1.165) is 12.0 Å². The Balaban J connectivity index is 1.55. The first-order valence-electron chi connectivity index (χ1n) is 7.57. The van der Waals surface area contributed by atoms with E-state index in [1.807, 2.05) is 24.3 Å². The normalized spacial score (nSPS) is 11.1. The van der Waals surface area contributed by atoms with E-state index in [0.29, 0.717) is 17.3 Å². The summed E-state index contributed by atoms with van der Waals surface area (Å²) in [6, 6.07) is 13.9. The molecule has 3 aromatic rings. The van der Waals surface area contributed by atoms with Crippen LogP contribution in [-0.4, -0.2) is 16.4 Å². The number of halogens is 1. The van der Waals surface area contributed by atoms with Gasteiger partial charge in [-0.3, -0.25) is 0 Å². The molecule has 0 saturated carbocycles. The molecule has 1 heterocycles. The molecule has 0 aliphatic carbocycles. The Morgan fingerprint density at radius 2 is 1.88 bits per heavy atom. The number of aryl methyl sites for hydroxylation is 1. The zero-order chi connectivity index (χ0) is 16.8. The number of nitrogens with zero attached hydrogens (tertiary/aromatic N) is 3.